The summed E-state index contributed by atoms with van der Waals surface area (Å²) >= 11 is 0. The van der Waals surface area contributed by atoms with Crippen LogP contribution >= 0.6 is 0 Å². The van der Waals surface area contributed by atoms with Crippen LogP contribution in [0.5, 0.6) is 11.8 Å². The van der Waals surface area contributed by atoms with Gasteiger partial charge in [-0.1, -0.05) is 0 Å². The van der Waals surface area contributed by atoms with Gasteiger partial charge in [-0.3, -0.25) is 0 Å². The number of amides is 2. The lowest BCUT2D eigenvalue weighted by Gasteiger charge is -2.32. The van der Waals surface area contributed by atoms with E-state index in [-0.39, 0.29) is 12.1 Å². The van der Waals surface area contributed by atoms with Crippen LogP contribution in [0.1, 0.15) is 19.8 Å². The molecule has 0 radical (unpaired) electrons. The van der Waals surface area contributed by atoms with Crippen molar-refractivity contribution in [1.29, 1.82) is 0 Å². The number of urea groups is 1. The smallest absolute Gasteiger partial charge is 0.321 e. The van der Waals surface area contributed by atoms with Crippen molar-refractivity contribution < 1.29 is 14.3 Å². The molecular formula is C18H22N4O3. The van der Waals surface area contributed by atoms with Gasteiger partial charge in [0.05, 0.1) is 13.2 Å². The van der Waals surface area contributed by atoms with E-state index in [1.54, 1.807) is 23.4 Å². The van der Waals surface area contributed by atoms with Crippen LogP contribution in [0, 0.1) is 0 Å². The van der Waals surface area contributed by atoms with E-state index in [2.05, 4.69) is 15.3 Å². The molecule has 2 aromatic rings. The van der Waals surface area contributed by atoms with Gasteiger partial charge in [0.1, 0.15) is 11.9 Å². The van der Waals surface area contributed by atoms with E-state index in [9.17, 15) is 4.79 Å². The Bertz CT molecular complexity index is 678. The molecule has 132 valence electrons. The Morgan fingerprint density at radius 3 is 2.76 bits per heavy atom. The highest BCUT2D eigenvalue weighted by Gasteiger charge is 2.25. The van der Waals surface area contributed by atoms with E-state index in [0.29, 0.717) is 25.7 Å². The zero-order chi connectivity index (χ0) is 17.5. The molecule has 0 spiro atoms. The van der Waals surface area contributed by atoms with E-state index in [0.717, 1.165) is 24.3 Å². The van der Waals surface area contributed by atoms with E-state index in [4.69, 9.17) is 9.47 Å². The fourth-order valence-corrected chi connectivity index (χ4v) is 2.72. The standard InChI is InChI=1S/C18H22N4O3/c1-2-24-15-8-6-14(7-9-15)21-18(23)22-12-3-5-16(13-22)25-17-19-10-4-11-20-17/h4,6-11,16H,2-3,5,12-13H2,1H3,(H,21,23)/t16-/m1/s1. The summed E-state index contributed by atoms with van der Waals surface area (Å²) in [6.45, 7) is 3.77. The Hall–Kier alpha value is -2.83. The molecule has 7 heteroatoms. The van der Waals surface area contributed by atoms with E-state index >= 15 is 0 Å². The highest BCUT2D eigenvalue weighted by Crippen LogP contribution is 2.18. The maximum absolute atomic E-state index is 12.5. The molecule has 0 aliphatic carbocycles. The molecule has 1 atom stereocenters. The molecule has 0 saturated carbocycles. The van der Waals surface area contributed by atoms with Gasteiger partial charge in [0.15, 0.2) is 0 Å². The number of hydrogen-bond acceptors (Lipinski definition) is 5. The third-order valence-corrected chi connectivity index (χ3v) is 3.90. The van der Waals surface area contributed by atoms with Crippen molar-refractivity contribution in [2.45, 2.75) is 25.9 Å². The van der Waals surface area contributed by atoms with E-state index in [1.165, 1.54) is 0 Å². The predicted octanol–water partition coefficient (Wildman–Crippen LogP) is 2.95. The number of nitrogens with one attached hydrogen (secondary N) is 1. The summed E-state index contributed by atoms with van der Waals surface area (Å²) in [6, 6.07) is 9.30. The normalized spacial score (nSPS) is 17.0. The number of carbonyl (C=O) groups is 1. The van der Waals surface area contributed by atoms with Gasteiger partial charge in [-0.25, -0.2) is 14.8 Å². The topological polar surface area (TPSA) is 76.6 Å². The second-order valence-corrected chi connectivity index (χ2v) is 5.75. The lowest BCUT2D eigenvalue weighted by atomic mass is 10.1. The first-order valence-electron chi connectivity index (χ1n) is 8.47. The SMILES string of the molecule is CCOc1ccc(NC(=O)N2CCC[C@@H](Oc3ncccn3)C2)cc1. The van der Waals surface area contributed by atoms with Crippen LogP contribution in [0.15, 0.2) is 42.7 Å². The average Bonchev–Trinajstić information content (AvgIpc) is 2.65. The van der Waals surface area contributed by atoms with Gasteiger partial charge in [0, 0.05) is 24.6 Å². The molecule has 1 aliphatic heterocycles. The second kappa shape index (κ2) is 8.32. The molecule has 25 heavy (non-hydrogen) atoms. The first-order valence-corrected chi connectivity index (χ1v) is 8.47. The number of likely N-dealkylation sites (tertiary alicyclic amines) is 1. The van der Waals surface area contributed by atoms with Crippen LogP contribution in [-0.2, 0) is 0 Å². The number of nitrogens with zero attached hydrogens (tertiary/aromatic N) is 3. The van der Waals surface area contributed by atoms with E-state index < -0.39 is 0 Å². The highest BCUT2D eigenvalue weighted by molar-refractivity contribution is 5.89. The third-order valence-electron chi connectivity index (χ3n) is 3.90. The summed E-state index contributed by atoms with van der Waals surface area (Å²) in [7, 11) is 0. The van der Waals surface area contributed by atoms with Crippen LogP contribution < -0.4 is 14.8 Å². The fraction of sp³-hybridized carbons (Fsp3) is 0.389. The molecule has 1 N–H and O–H groups in total. The number of rotatable bonds is 5. The number of hydrogen-bond donors (Lipinski definition) is 1. The van der Waals surface area contributed by atoms with Crippen LogP contribution in [0.25, 0.3) is 0 Å². The molecule has 1 aliphatic rings. The number of piperidine rings is 1. The minimum atomic E-state index is -0.133. The van der Waals surface area contributed by atoms with Crippen LogP contribution in [0.4, 0.5) is 10.5 Å². The highest BCUT2D eigenvalue weighted by atomic mass is 16.5. The molecule has 2 amide bonds. The van der Waals surface area contributed by atoms with Gasteiger partial charge < -0.3 is 19.7 Å². The molecule has 7 nitrogen and oxygen atoms in total. The number of carbonyl (C=O) groups excluding carboxylic acids is 1. The van der Waals surface area contributed by atoms with Gasteiger partial charge in [-0.15, -0.1) is 0 Å². The summed E-state index contributed by atoms with van der Waals surface area (Å²) in [4.78, 5) is 22.4. The van der Waals surface area contributed by atoms with Gasteiger partial charge in [-0.05, 0) is 50.1 Å². The molecule has 0 bridgehead atoms. The summed E-state index contributed by atoms with van der Waals surface area (Å²) in [5, 5.41) is 2.91. The van der Waals surface area contributed by atoms with Gasteiger partial charge >= 0.3 is 12.0 Å². The summed E-state index contributed by atoms with van der Waals surface area (Å²) in [5.74, 6) is 0.787. The molecule has 1 fully saturated rings. The Balaban J connectivity index is 1.54. The largest absolute Gasteiger partial charge is 0.494 e. The minimum absolute atomic E-state index is 0.0952. The summed E-state index contributed by atoms with van der Waals surface area (Å²) in [6.07, 6.45) is 4.95. The number of anilines is 1. The Kier molecular flexibility index (Phi) is 5.66. The molecule has 1 aromatic carbocycles. The van der Waals surface area contributed by atoms with Crippen LogP contribution in [0.2, 0.25) is 0 Å². The molecule has 3 rings (SSSR count). The number of ether oxygens (including phenoxy) is 2. The van der Waals surface area contributed by atoms with Crippen molar-refractivity contribution in [3.05, 3.63) is 42.7 Å². The Labute approximate surface area is 147 Å². The quantitative estimate of drug-likeness (QED) is 0.904. The van der Waals surface area contributed by atoms with Crippen molar-refractivity contribution in [1.82, 2.24) is 14.9 Å². The van der Waals surface area contributed by atoms with Crippen molar-refractivity contribution in [2.24, 2.45) is 0 Å². The second-order valence-electron chi connectivity index (χ2n) is 5.75. The number of benzene rings is 1. The van der Waals surface area contributed by atoms with Gasteiger partial charge in [0.25, 0.3) is 0 Å². The minimum Gasteiger partial charge on any atom is -0.494 e. The molecule has 0 unspecified atom stereocenters. The lowest BCUT2D eigenvalue weighted by molar-refractivity contribution is 0.0983. The molecule has 1 aromatic heterocycles. The average molecular weight is 342 g/mol. The zero-order valence-electron chi connectivity index (χ0n) is 14.2. The van der Waals surface area contributed by atoms with Crippen LogP contribution in [-0.4, -0.2) is 46.7 Å². The van der Waals surface area contributed by atoms with Crippen molar-refractivity contribution in [2.75, 3.05) is 25.0 Å². The molecule has 1 saturated heterocycles. The van der Waals surface area contributed by atoms with Gasteiger partial charge in [0.2, 0.25) is 0 Å². The maximum atomic E-state index is 12.5. The monoisotopic (exact) mass is 342 g/mol. The van der Waals surface area contributed by atoms with Gasteiger partial charge in [-0.2, -0.15) is 0 Å². The van der Waals surface area contributed by atoms with Crippen molar-refractivity contribution >= 4 is 11.7 Å². The maximum Gasteiger partial charge on any atom is 0.321 e. The van der Waals surface area contributed by atoms with Crippen LogP contribution in [0.3, 0.4) is 0 Å². The Morgan fingerprint density at radius 2 is 2.04 bits per heavy atom. The third kappa shape index (κ3) is 4.82. The number of aromatic nitrogens is 2. The molecular weight excluding hydrogens is 320 g/mol. The Morgan fingerprint density at radius 1 is 1.28 bits per heavy atom. The summed E-state index contributed by atoms with van der Waals surface area (Å²) < 4.78 is 11.2. The van der Waals surface area contributed by atoms with Crippen molar-refractivity contribution in [3.63, 3.8) is 0 Å². The zero-order valence-corrected chi connectivity index (χ0v) is 14.2. The first kappa shape index (κ1) is 17.0. The fourth-order valence-electron chi connectivity index (χ4n) is 2.72. The lowest BCUT2D eigenvalue weighted by Crippen LogP contribution is -2.46. The predicted molar refractivity (Wildman–Crippen MR) is 93.9 cm³/mol. The molecule has 2 heterocycles. The summed E-state index contributed by atoms with van der Waals surface area (Å²) in [5.41, 5.74) is 0.739. The van der Waals surface area contributed by atoms with Crippen molar-refractivity contribution in [3.8, 4) is 11.8 Å². The first-order chi connectivity index (χ1) is 12.2. The van der Waals surface area contributed by atoms with E-state index in [1.807, 2.05) is 31.2 Å².